The highest BCUT2D eigenvalue weighted by molar-refractivity contribution is 5.59. The van der Waals surface area contributed by atoms with Crippen LogP contribution in [-0.4, -0.2) is 22.3 Å². The normalized spacial score (nSPS) is 26.9. The zero-order chi connectivity index (χ0) is 14.2. The highest BCUT2D eigenvalue weighted by Crippen LogP contribution is 2.43. The number of rotatable bonds is 3. The van der Waals surface area contributed by atoms with Crippen molar-refractivity contribution in [2.45, 2.75) is 43.8 Å². The lowest BCUT2D eigenvalue weighted by atomic mass is 9.89. The number of nitriles is 1. The average Bonchev–Trinajstić information content (AvgIpc) is 3.24. The molecule has 0 aliphatic carbocycles. The Bertz CT molecular complexity index is 704. The highest BCUT2D eigenvalue weighted by atomic mass is 16.5. The van der Waals surface area contributed by atoms with E-state index in [1.807, 2.05) is 24.3 Å². The molecule has 0 amide bonds. The van der Waals surface area contributed by atoms with Crippen molar-refractivity contribution in [2.75, 3.05) is 0 Å². The van der Waals surface area contributed by atoms with Gasteiger partial charge in [0.15, 0.2) is 5.82 Å². The van der Waals surface area contributed by atoms with Crippen LogP contribution in [0.2, 0.25) is 0 Å². The van der Waals surface area contributed by atoms with Crippen molar-refractivity contribution in [3.8, 4) is 17.5 Å². The summed E-state index contributed by atoms with van der Waals surface area (Å²) in [5, 5.41) is 13.1. The smallest absolute Gasteiger partial charge is 0.258 e. The quantitative estimate of drug-likeness (QED) is 0.865. The standard InChI is InChI=1S/C16H15N3O2/c17-8-7-10-3-1-2-4-12(10)16-18-15(19-21-16)13-9-11-5-6-14(13)20-11/h1-4,11,13-14H,5-7,9H2. The van der Waals surface area contributed by atoms with Crippen molar-refractivity contribution in [1.29, 1.82) is 5.26 Å². The fourth-order valence-electron chi connectivity index (χ4n) is 3.37. The molecule has 1 aromatic carbocycles. The van der Waals surface area contributed by atoms with Gasteiger partial charge < -0.3 is 9.26 Å². The van der Waals surface area contributed by atoms with Gasteiger partial charge in [-0.2, -0.15) is 10.2 Å². The van der Waals surface area contributed by atoms with Gasteiger partial charge in [-0.1, -0.05) is 23.4 Å². The third-order valence-electron chi connectivity index (χ3n) is 4.40. The molecule has 3 atom stereocenters. The lowest BCUT2D eigenvalue weighted by Crippen LogP contribution is -2.15. The summed E-state index contributed by atoms with van der Waals surface area (Å²) in [4.78, 5) is 4.56. The van der Waals surface area contributed by atoms with Gasteiger partial charge in [0.2, 0.25) is 0 Å². The molecule has 2 bridgehead atoms. The van der Waals surface area contributed by atoms with Crippen LogP contribution in [0.25, 0.3) is 11.5 Å². The van der Waals surface area contributed by atoms with Crippen molar-refractivity contribution in [2.24, 2.45) is 0 Å². The van der Waals surface area contributed by atoms with Gasteiger partial charge >= 0.3 is 0 Å². The molecule has 0 spiro atoms. The van der Waals surface area contributed by atoms with Crippen molar-refractivity contribution in [3.05, 3.63) is 35.7 Å². The topological polar surface area (TPSA) is 71.9 Å². The molecule has 0 saturated carbocycles. The van der Waals surface area contributed by atoms with Gasteiger partial charge in [0.05, 0.1) is 30.6 Å². The summed E-state index contributed by atoms with van der Waals surface area (Å²) in [6, 6.07) is 9.84. The van der Waals surface area contributed by atoms with Crippen LogP contribution in [-0.2, 0) is 11.2 Å². The maximum Gasteiger partial charge on any atom is 0.258 e. The van der Waals surface area contributed by atoms with Gasteiger partial charge in [0.1, 0.15) is 0 Å². The molecule has 21 heavy (non-hydrogen) atoms. The van der Waals surface area contributed by atoms with Gasteiger partial charge in [-0.3, -0.25) is 0 Å². The van der Waals surface area contributed by atoms with E-state index in [1.54, 1.807) is 0 Å². The van der Waals surface area contributed by atoms with Gasteiger partial charge in [-0.25, -0.2) is 0 Å². The number of nitrogens with zero attached hydrogens (tertiary/aromatic N) is 3. The van der Waals surface area contributed by atoms with E-state index in [9.17, 15) is 0 Å². The van der Waals surface area contributed by atoms with E-state index in [0.29, 0.717) is 18.4 Å². The third-order valence-corrected chi connectivity index (χ3v) is 4.40. The number of fused-ring (bicyclic) bond motifs is 2. The predicted octanol–water partition coefficient (Wildman–Crippen LogP) is 2.84. The monoisotopic (exact) mass is 281 g/mol. The van der Waals surface area contributed by atoms with Crippen molar-refractivity contribution < 1.29 is 9.26 Å². The highest BCUT2D eigenvalue weighted by Gasteiger charge is 2.43. The van der Waals surface area contributed by atoms with Crippen LogP contribution in [0.5, 0.6) is 0 Å². The first-order chi connectivity index (χ1) is 10.3. The summed E-state index contributed by atoms with van der Waals surface area (Å²) in [5.74, 6) is 1.49. The first-order valence-corrected chi connectivity index (χ1v) is 7.29. The molecule has 0 radical (unpaired) electrons. The first kappa shape index (κ1) is 12.5. The molecular formula is C16H15N3O2. The van der Waals surface area contributed by atoms with Crippen molar-refractivity contribution in [3.63, 3.8) is 0 Å². The third kappa shape index (κ3) is 2.12. The van der Waals surface area contributed by atoms with Crippen LogP contribution < -0.4 is 0 Å². The zero-order valence-electron chi connectivity index (χ0n) is 11.5. The van der Waals surface area contributed by atoms with E-state index in [2.05, 4.69) is 16.2 Å². The van der Waals surface area contributed by atoms with Gasteiger partial charge in [0.25, 0.3) is 5.89 Å². The molecule has 5 heteroatoms. The lowest BCUT2D eigenvalue weighted by Gasteiger charge is -2.13. The molecule has 2 aromatic rings. The number of benzene rings is 1. The fraction of sp³-hybridized carbons (Fsp3) is 0.438. The Balaban J connectivity index is 1.65. The fourth-order valence-corrected chi connectivity index (χ4v) is 3.37. The van der Waals surface area contributed by atoms with Crippen molar-refractivity contribution >= 4 is 0 Å². The molecule has 0 N–H and O–H groups in total. The van der Waals surface area contributed by atoms with E-state index >= 15 is 0 Å². The summed E-state index contributed by atoms with van der Waals surface area (Å²) < 4.78 is 11.3. The molecule has 2 saturated heterocycles. The van der Waals surface area contributed by atoms with Crippen LogP contribution in [0.3, 0.4) is 0 Å². The average molecular weight is 281 g/mol. The van der Waals surface area contributed by atoms with Crippen molar-refractivity contribution in [1.82, 2.24) is 10.1 Å². The molecule has 3 heterocycles. The largest absolute Gasteiger partial charge is 0.374 e. The molecular weight excluding hydrogens is 266 g/mol. The SMILES string of the molecule is N#CCc1ccccc1-c1nc(C2CC3CCC2O3)no1. The summed E-state index contributed by atoms with van der Waals surface area (Å²) in [6.45, 7) is 0. The number of hydrogen-bond donors (Lipinski definition) is 0. The van der Waals surface area contributed by atoms with E-state index in [0.717, 1.165) is 36.2 Å². The molecule has 4 rings (SSSR count). The summed E-state index contributed by atoms with van der Waals surface area (Å²) in [5.41, 5.74) is 1.77. The zero-order valence-corrected chi connectivity index (χ0v) is 11.5. The number of ether oxygens (including phenoxy) is 1. The Hall–Kier alpha value is -2.19. The van der Waals surface area contributed by atoms with Crippen LogP contribution in [0, 0.1) is 11.3 Å². The second kappa shape index (κ2) is 4.97. The molecule has 5 nitrogen and oxygen atoms in total. The van der Waals surface area contributed by atoms with E-state index in [4.69, 9.17) is 14.5 Å². The Labute approximate surface area is 122 Å². The Morgan fingerprint density at radius 2 is 2.19 bits per heavy atom. The second-order valence-electron chi connectivity index (χ2n) is 5.67. The maximum absolute atomic E-state index is 8.91. The van der Waals surface area contributed by atoms with E-state index in [1.165, 1.54) is 0 Å². The van der Waals surface area contributed by atoms with Gasteiger partial charge in [0, 0.05) is 5.56 Å². The number of aromatic nitrogens is 2. The van der Waals surface area contributed by atoms with Crippen LogP contribution in [0.15, 0.2) is 28.8 Å². The van der Waals surface area contributed by atoms with E-state index < -0.39 is 0 Å². The Morgan fingerprint density at radius 1 is 1.29 bits per heavy atom. The summed E-state index contributed by atoms with van der Waals surface area (Å²) in [7, 11) is 0. The molecule has 106 valence electrons. The first-order valence-electron chi connectivity index (χ1n) is 7.29. The molecule has 2 aliphatic heterocycles. The maximum atomic E-state index is 8.91. The molecule has 2 aliphatic rings. The van der Waals surface area contributed by atoms with E-state index in [-0.39, 0.29) is 12.0 Å². The van der Waals surface area contributed by atoms with Gasteiger partial charge in [-0.05, 0) is 30.9 Å². The predicted molar refractivity (Wildman–Crippen MR) is 74.3 cm³/mol. The minimum Gasteiger partial charge on any atom is -0.374 e. The second-order valence-corrected chi connectivity index (χ2v) is 5.67. The molecule has 3 unspecified atom stereocenters. The minimum atomic E-state index is 0.245. The van der Waals surface area contributed by atoms with Gasteiger partial charge in [-0.15, -0.1) is 0 Å². The Morgan fingerprint density at radius 3 is 2.95 bits per heavy atom. The van der Waals surface area contributed by atoms with Crippen LogP contribution in [0.4, 0.5) is 0 Å². The van der Waals surface area contributed by atoms with Crippen LogP contribution in [0.1, 0.15) is 36.6 Å². The number of hydrogen-bond acceptors (Lipinski definition) is 5. The summed E-state index contributed by atoms with van der Waals surface area (Å²) in [6.07, 6.45) is 4.18. The molecule has 1 aromatic heterocycles. The van der Waals surface area contributed by atoms with Crippen LogP contribution >= 0.6 is 0 Å². The minimum absolute atomic E-state index is 0.245. The summed E-state index contributed by atoms with van der Waals surface area (Å²) >= 11 is 0. The molecule has 2 fully saturated rings. The lowest BCUT2D eigenvalue weighted by molar-refractivity contribution is 0.0996. The Kier molecular flexibility index (Phi) is 2.97.